The molecule has 0 bridgehead atoms. The molecule has 104 valence electrons. The van der Waals surface area contributed by atoms with E-state index >= 15 is 0 Å². The third-order valence-corrected chi connectivity index (χ3v) is 4.01. The summed E-state index contributed by atoms with van der Waals surface area (Å²) in [6, 6.07) is 5.67. The molecule has 0 saturated heterocycles. The van der Waals surface area contributed by atoms with Crippen LogP contribution in [-0.2, 0) is 4.79 Å². The zero-order valence-electron chi connectivity index (χ0n) is 11.7. The molecule has 0 heterocycles. The van der Waals surface area contributed by atoms with Crippen LogP contribution >= 0.6 is 0 Å². The number of nitrogen functional groups attached to an aromatic ring is 1. The maximum Gasteiger partial charge on any atom is 0.227 e. The first-order valence-electron chi connectivity index (χ1n) is 7.34. The third-order valence-electron chi connectivity index (χ3n) is 4.01. The van der Waals surface area contributed by atoms with Crippen molar-refractivity contribution < 1.29 is 4.79 Å². The van der Waals surface area contributed by atoms with Crippen LogP contribution in [0, 0.1) is 12.8 Å². The molecule has 1 amide bonds. The fourth-order valence-corrected chi connectivity index (χ4v) is 2.72. The van der Waals surface area contributed by atoms with Gasteiger partial charge in [0.15, 0.2) is 0 Å². The lowest BCUT2D eigenvalue weighted by Crippen LogP contribution is -2.23. The second kappa shape index (κ2) is 6.60. The Labute approximate surface area is 115 Å². The maximum absolute atomic E-state index is 12.3. The molecular weight excluding hydrogens is 236 g/mol. The summed E-state index contributed by atoms with van der Waals surface area (Å²) in [4.78, 5) is 12.3. The lowest BCUT2D eigenvalue weighted by atomic mass is 9.90. The number of aryl methyl sites for hydroxylation is 1. The van der Waals surface area contributed by atoms with Gasteiger partial charge in [-0.15, -0.1) is 0 Å². The first-order valence-corrected chi connectivity index (χ1v) is 7.34. The number of benzene rings is 1. The second-order valence-electron chi connectivity index (χ2n) is 5.60. The molecule has 2 rings (SSSR count). The number of rotatable bonds is 2. The van der Waals surface area contributed by atoms with Crippen LogP contribution in [0.3, 0.4) is 0 Å². The van der Waals surface area contributed by atoms with Gasteiger partial charge < -0.3 is 11.1 Å². The van der Waals surface area contributed by atoms with Crippen molar-refractivity contribution in [3.05, 3.63) is 23.8 Å². The summed E-state index contributed by atoms with van der Waals surface area (Å²) in [7, 11) is 0. The van der Waals surface area contributed by atoms with Crippen LogP contribution in [0.15, 0.2) is 18.2 Å². The van der Waals surface area contributed by atoms with Gasteiger partial charge in [0.2, 0.25) is 5.91 Å². The molecule has 3 heteroatoms. The smallest absolute Gasteiger partial charge is 0.227 e. The Bertz CT molecular complexity index is 434. The highest BCUT2D eigenvalue weighted by atomic mass is 16.1. The molecule has 0 radical (unpaired) electrons. The Morgan fingerprint density at radius 2 is 1.79 bits per heavy atom. The third kappa shape index (κ3) is 3.98. The molecule has 1 aliphatic carbocycles. The minimum absolute atomic E-state index is 0.172. The minimum Gasteiger partial charge on any atom is -0.399 e. The van der Waals surface area contributed by atoms with Gasteiger partial charge in [-0.2, -0.15) is 0 Å². The van der Waals surface area contributed by atoms with E-state index < -0.39 is 0 Å². The summed E-state index contributed by atoms with van der Waals surface area (Å²) in [5.41, 5.74) is 8.42. The molecule has 0 aromatic heterocycles. The summed E-state index contributed by atoms with van der Waals surface area (Å²) in [6.45, 7) is 1.96. The molecule has 1 aromatic carbocycles. The van der Waals surface area contributed by atoms with E-state index in [-0.39, 0.29) is 11.8 Å². The number of nitrogens with two attached hydrogens (primary N) is 1. The highest BCUT2D eigenvalue weighted by Gasteiger charge is 2.19. The van der Waals surface area contributed by atoms with Crippen molar-refractivity contribution in [2.24, 2.45) is 5.92 Å². The van der Waals surface area contributed by atoms with Gasteiger partial charge in [-0.3, -0.25) is 4.79 Å². The van der Waals surface area contributed by atoms with Crippen LogP contribution in [-0.4, -0.2) is 5.91 Å². The largest absolute Gasteiger partial charge is 0.399 e. The van der Waals surface area contributed by atoms with Crippen LogP contribution in [0.1, 0.15) is 50.5 Å². The number of amides is 1. The SMILES string of the molecule is Cc1cc(NC(=O)C2CCCCCCC2)ccc1N. The highest BCUT2D eigenvalue weighted by Crippen LogP contribution is 2.24. The maximum atomic E-state index is 12.3. The van der Waals surface area contributed by atoms with E-state index in [9.17, 15) is 4.79 Å². The fourth-order valence-electron chi connectivity index (χ4n) is 2.72. The predicted octanol–water partition coefficient (Wildman–Crippen LogP) is 3.88. The number of hydrogen-bond acceptors (Lipinski definition) is 2. The van der Waals surface area contributed by atoms with Gasteiger partial charge in [-0.25, -0.2) is 0 Å². The number of anilines is 2. The molecule has 19 heavy (non-hydrogen) atoms. The minimum atomic E-state index is 0.172. The summed E-state index contributed by atoms with van der Waals surface area (Å²) in [5.74, 6) is 0.351. The van der Waals surface area contributed by atoms with E-state index in [4.69, 9.17) is 5.73 Å². The fraction of sp³-hybridized carbons (Fsp3) is 0.562. The van der Waals surface area contributed by atoms with Crippen molar-refractivity contribution in [2.45, 2.75) is 51.9 Å². The van der Waals surface area contributed by atoms with E-state index in [0.29, 0.717) is 0 Å². The highest BCUT2D eigenvalue weighted by molar-refractivity contribution is 5.92. The van der Waals surface area contributed by atoms with Crippen molar-refractivity contribution in [3.63, 3.8) is 0 Å². The van der Waals surface area contributed by atoms with Crippen LogP contribution in [0.25, 0.3) is 0 Å². The molecule has 0 unspecified atom stereocenters. The number of nitrogens with one attached hydrogen (secondary N) is 1. The first kappa shape index (κ1) is 13.9. The Morgan fingerprint density at radius 3 is 2.42 bits per heavy atom. The first-order chi connectivity index (χ1) is 9.16. The summed E-state index contributed by atoms with van der Waals surface area (Å²) < 4.78 is 0. The lowest BCUT2D eigenvalue weighted by molar-refractivity contribution is -0.120. The average Bonchev–Trinajstić information content (AvgIpc) is 2.33. The second-order valence-corrected chi connectivity index (χ2v) is 5.60. The Kier molecular flexibility index (Phi) is 4.83. The van der Waals surface area contributed by atoms with E-state index in [2.05, 4.69) is 5.32 Å². The zero-order chi connectivity index (χ0) is 13.7. The lowest BCUT2D eigenvalue weighted by Gasteiger charge is -2.19. The molecule has 0 spiro atoms. The van der Waals surface area contributed by atoms with Crippen LogP contribution in [0.4, 0.5) is 11.4 Å². The summed E-state index contributed by atoms with van der Waals surface area (Å²) in [6.07, 6.45) is 8.28. The van der Waals surface area contributed by atoms with Gasteiger partial charge in [-0.05, 0) is 43.5 Å². The van der Waals surface area contributed by atoms with Gasteiger partial charge >= 0.3 is 0 Å². The van der Waals surface area contributed by atoms with Crippen LogP contribution in [0.2, 0.25) is 0 Å². The standard InChI is InChI=1S/C16H24N2O/c1-12-11-14(9-10-15(12)17)18-16(19)13-7-5-3-2-4-6-8-13/h9-11,13H,2-8,17H2,1H3,(H,18,19). The number of hydrogen-bond donors (Lipinski definition) is 2. The van der Waals surface area contributed by atoms with Crippen LogP contribution in [0.5, 0.6) is 0 Å². The monoisotopic (exact) mass is 260 g/mol. The number of carbonyl (C=O) groups excluding carboxylic acids is 1. The zero-order valence-corrected chi connectivity index (χ0v) is 11.7. The van der Waals surface area contributed by atoms with Gasteiger partial charge in [0.1, 0.15) is 0 Å². The molecule has 1 saturated carbocycles. The molecule has 1 aliphatic rings. The Hall–Kier alpha value is -1.51. The van der Waals surface area contributed by atoms with Crippen molar-refractivity contribution in [2.75, 3.05) is 11.1 Å². The normalized spacial score (nSPS) is 17.5. The summed E-state index contributed by atoms with van der Waals surface area (Å²) in [5, 5.41) is 3.03. The van der Waals surface area contributed by atoms with Gasteiger partial charge in [-0.1, -0.05) is 32.1 Å². The van der Waals surface area contributed by atoms with Crippen molar-refractivity contribution in [1.29, 1.82) is 0 Å². The van der Waals surface area contributed by atoms with E-state index in [1.807, 2.05) is 25.1 Å². The van der Waals surface area contributed by atoms with E-state index in [0.717, 1.165) is 29.8 Å². The molecule has 3 N–H and O–H groups in total. The predicted molar refractivity (Wildman–Crippen MR) is 80.0 cm³/mol. The molecule has 0 atom stereocenters. The summed E-state index contributed by atoms with van der Waals surface area (Å²) >= 11 is 0. The van der Waals surface area contributed by atoms with Crippen molar-refractivity contribution in [1.82, 2.24) is 0 Å². The molecule has 3 nitrogen and oxygen atoms in total. The van der Waals surface area contributed by atoms with Crippen molar-refractivity contribution in [3.8, 4) is 0 Å². The number of carbonyl (C=O) groups is 1. The molecule has 0 aliphatic heterocycles. The van der Waals surface area contributed by atoms with Gasteiger partial charge in [0.25, 0.3) is 0 Å². The van der Waals surface area contributed by atoms with Gasteiger partial charge in [0, 0.05) is 17.3 Å². The van der Waals surface area contributed by atoms with Crippen molar-refractivity contribution >= 4 is 17.3 Å². The Balaban J connectivity index is 1.96. The molecule has 1 fully saturated rings. The molecule has 1 aromatic rings. The average molecular weight is 260 g/mol. The Morgan fingerprint density at radius 1 is 1.16 bits per heavy atom. The topological polar surface area (TPSA) is 55.1 Å². The van der Waals surface area contributed by atoms with Crippen LogP contribution < -0.4 is 11.1 Å². The molecular formula is C16H24N2O. The van der Waals surface area contributed by atoms with E-state index in [1.54, 1.807) is 0 Å². The van der Waals surface area contributed by atoms with Gasteiger partial charge in [0.05, 0.1) is 0 Å². The quantitative estimate of drug-likeness (QED) is 0.793. The van der Waals surface area contributed by atoms with E-state index in [1.165, 1.54) is 32.1 Å².